The molecule has 17 heavy (non-hydrogen) atoms. The molecule has 2 heterocycles. The minimum atomic E-state index is 0.190. The second kappa shape index (κ2) is 4.46. The van der Waals surface area contributed by atoms with Crippen molar-refractivity contribution in [3.8, 4) is 0 Å². The maximum Gasteiger partial charge on any atom is 0.320 e. The van der Waals surface area contributed by atoms with Crippen molar-refractivity contribution in [2.24, 2.45) is 17.6 Å². The summed E-state index contributed by atoms with van der Waals surface area (Å²) in [5.74, 6) is 1.19. The zero-order valence-electron chi connectivity index (χ0n) is 10.2. The van der Waals surface area contributed by atoms with Crippen LogP contribution in [0.3, 0.4) is 0 Å². The predicted octanol–water partition coefficient (Wildman–Crippen LogP) is 0.108. The van der Waals surface area contributed by atoms with Crippen molar-refractivity contribution < 1.29 is 9.53 Å². The van der Waals surface area contributed by atoms with Gasteiger partial charge >= 0.3 is 6.03 Å². The van der Waals surface area contributed by atoms with Gasteiger partial charge in [-0.15, -0.1) is 0 Å². The van der Waals surface area contributed by atoms with Crippen molar-refractivity contribution in [2.45, 2.75) is 18.9 Å². The first kappa shape index (κ1) is 11.3. The highest BCUT2D eigenvalue weighted by molar-refractivity contribution is 5.75. The van der Waals surface area contributed by atoms with Gasteiger partial charge in [-0.3, -0.25) is 0 Å². The number of likely N-dealkylation sites (tertiary alicyclic amines) is 1. The lowest BCUT2D eigenvalue weighted by Crippen LogP contribution is -2.48. The van der Waals surface area contributed by atoms with E-state index in [2.05, 4.69) is 0 Å². The molecule has 3 aliphatic rings. The van der Waals surface area contributed by atoms with Gasteiger partial charge in [-0.05, 0) is 24.7 Å². The fourth-order valence-electron chi connectivity index (χ4n) is 3.42. The summed E-state index contributed by atoms with van der Waals surface area (Å²) in [6.45, 7) is 4.59. The number of carbonyl (C=O) groups excluding carboxylic acids is 1. The van der Waals surface area contributed by atoms with Gasteiger partial charge in [0.25, 0.3) is 0 Å². The van der Waals surface area contributed by atoms with Crippen molar-refractivity contribution in [3.63, 3.8) is 0 Å². The molecule has 3 fully saturated rings. The second-order valence-electron chi connectivity index (χ2n) is 5.45. The normalized spacial score (nSPS) is 37.4. The van der Waals surface area contributed by atoms with Crippen molar-refractivity contribution >= 4 is 6.03 Å². The van der Waals surface area contributed by atoms with Crippen LogP contribution in [0.15, 0.2) is 0 Å². The summed E-state index contributed by atoms with van der Waals surface area (Å²) in [5.41, 5.74) is 6.09. The number of rotatable bonds is 0. The fourth-order valence-corrected chi connectivity index (χ4v) is 3.42. The molecule has 5 nitrogen and oxygen atoms in total. The minimum Gasteiger partial charge on any atom is -0.378 e. The number of ether oxygens (including phenoxy) is 1. The van der Waals surface area contributed by atoms with Crippen LogP contribution in [-0.2, 0) is 4.74 Å². The highest BCUT2D eigenvalue weighted by Gasteiger charge is 2.43. The summed E-state index contributed by atoms with van der Waals surface area (Å²) in [5, 5.41) is 0. The van der Waals surface area contributed by atoms with Gasteiger partial charge in [-0.2, -0.15) is 0 Å². The first-order valence-electron chi connectivity index (χ1n) is 6.63. The number of amides is 2. The average Bonchev–Trinajstić information content (AvgIpc) is 2.92. The Morgan fingerprint density at radius 2 is 1.88 bits per heavy atom. The first-order valence-corrected chi connectivity index (χ1v) is 6.63. The number of carbonyl (C=O) groups is 1. The molecule has 5 heteroatoms. The number of nitrogens with zero attached hydrogens (tertiary/aromatic N) is 2. The molecule has 2 N–H and O–H groups in total. The summed E-state index contributed by atoms with van der Waals surface area (Å²) in [6, 6.07) is 0.498. The van der Waals surface area contributed by atoms with E-state index in [1.807, 2.05) is 9.80 Å². The Bertz CT molecular complexity index is 304. The highest BCUT2D eigenvalue weighted by Crippen LogP contribution is 2.37. The molecular formula is C12H21N3O2. The van der Waals surface area contributed by atoms with Crippen molar-refractivity contribution in [1.29, 1.82) is 0 Å². The van der Waals surface area contributed by atoms with Crippen molar-refractivity contribution in [3.05, 3.63) is 0 Å². The third-order valence-electron chi connectivity index (χ3n) is 4.46. The molecule has 0 aromatic carbocycles. The van der Waals surface area contributed by atoms with Crippen LogP contribution in [-0.4, -0.2) is 61.3 Å². The predicted molar refractivity (Wildman–Crippen MR) is 63.6 cm³/mol. The van der Waals surface area contributed by atoms with Crippen LogP contribution in [0.4, 0.5) is 4.79 Å². The van der Waals surface area contributed by atoms with Gasteiger partial charge in [0, 0.05) is 32.2 Å². The van der Waals surface area contributed by atoms with Crippen LogP contribution in [0.1, 0.15) is 12.8 Å². The Labute approximate surface area is 102 Å². The lowest BCUT2D eigenvalue weighted by Gasteiger charge is -2.31. The van der Waals surface area contributed by atoms with Crippen LogP contribution in [0, 0.1) is 11.8 Å². The molecule has 1 saturated carbocycles. The smallest absolute Gasteiger partial charge is 0.320 e. The highest BCUT2D eigenvalue weighted by atomic mass is 16.5. The third-order valence-corrected chi connectivity index (χ3v) is 4.46. The van der Waals surface area contributed by atoms with Gasteiger partial charge in [-0.25, -0.2) is 4.79 Å². The van der Waals surface area contributed by atoms with E-state index in [0.29, 0.717) is 31.1 Å². The summed E-state index contributed by atoms with van der Waals surface area (Å²) in [7, 11) is 0. The SMILES string of the molecule is NC1CCC2CN(C(=O)N3CCOCC3)CC12. The molecule has 1 aliphatic carbocycles. The Balaban J connectivity index is 1.60. The molecule has 0 aromatic heterocycles. The molecule has 2 amide bonds. The van der Waals surface area contributed by atoms with Crippen LogP contribution in [0.2, 0.25) is 0 Å². The van der Waals surface area contributed by atoms with Gasteiger partial charge in [0.2, 0.25) is 0 Å². The zero-order valence-corrected chi connectivity index (χ0v) is 10.2. The molecule has 3 rings (SSSR count). The maximum atomic E-state index is 12.3. The van der Waals surface area contributed by atoms with E-state index in [1.54, 1.807) is 0 Å². The van der Waals surface area contributed by atoms with E-state index in [0.717, 1.165) is 32.6 Å². The van der Waals surface area contributed by atoms with Crippen LogP contribution in [0.25, 0.3) is 0 Å². The van der Waals surface area contributed by atoms with Crippen LogP contribution in [0.5, 0.6) is 0 Å². The van der Waals surface area contributed by atoms with Crippen LogP contribution >= 0.6 is 0 Å². The van der Waals surface area contributed by atoms with Gasteiger partial charge in [-0.1, -0.05) is 0 Å². The number of urea groups is 1. The third kappa shape index (κ3) is 2.02. The van der Waals surface area contributed by atoms with E-state index in [-0.39, 0.29) is 6.03 Å². The Hall–Kier alpha value is -0.810. The molecule has 0 radical (unpaired) electrons. The molecule has 3 unspecified atom stereocenters. The number of morpholine rings is 1. The molecule has 0 aromatic rings. The van der Waals surface area contributed by atoms with Gasteiger partial charge in [0.05, 0.1) is 13.2 Å². The van der Waals surface area contributed by atoms with E-state index < -0.39 is 0 Å². The molecule has 96 valence electrons. The Morgan fingerprint density at radius 1 is 1.12 bits per heavy atom. The number of fused-ring (bicyclic) bond motifs is 1. The quantitative estimate of drug-likeness (QED) is 0.652. The lowest BCUT2D eigenvalue weighted by atomic mass is 9.98. The molecule has 2 saturated heterocycles. The van der Waals surface area contributed by atoms with Crippen molar-refractivity contribution in [1.82, 2.24) is 9.80 Å². The van der Waals surface area contributed by atoms with E-state index >= 15 is 0 Å². The zero-order chi connectivity index (χ0) is 11.8. The number of hydrogen-bond acceptors (Lipinski definition) is 3. The minimum absolute atomic E-state index is 0.190. The van der Waals surface area contributed by atoms with Gasteiger partial charge in [0.15, 0.2) is 0 Å². The lowest BCUT2D eigenvalue weighted by molar-refractivity contribution is 0.0445. The summed E-state index contributed by atoms with van der Waals surface area (Å²) in [6.07, 6.45) is 2.33. The summed E-state index contributed by atoms with van der Waals surface area (Å²) in [4.78, 5) is 16.2. The topological polar surface area (TPSA) is 58.8 Å². The summed E-state index contributed by atoms with van der Waals surface area (Å²) >= 11 is 0. The second-order valence-corrected chi connectivity index (χ2v) is 5.45. The molecule has 3 atom stereocenters. The molecule has 0 bridgehead atoms. The standard InChI is InChI=1S/C12H21N3O2/c13-11-2-1-9-7-15(8-10(9)11)12(16)14-3-5-17-6-4-14/h9-11H,1-8,13H2. The fraction of sp³-hybridized carbons (Fsp3) is 0.917. The van der Waals surface area contributed by atoms with Gasteiger partial charge in [0.1, 0.15) is 0 Å². The molecule has 2 aliphatic heterocycles. The van der Waals surface area contributed by atoms with E-state index in [4.69, 9.17) is 10.5 Å². The average molecular weight is 239 g/mol. The molecule has 0 spiro atoms. The van der Waals surface area contributed by atoms with Crippen molar-refractivity contribution in [2.75, 3.05) is 39.4 Å². The number of hydrogen-bond donors (Lipinski definition) is 1. The first-order chi connectivity index (χ1) is 8.25. The van der Waals surface area contributed by atoms with E-state index in [1.165, 1.54) is 6.42 Å². The Kier molecular flexibility index (Phi) is 2.96. The monoisotopic (exact) mass is 239 g/mol. The Morgan fingerprint density at radius 3 is 2.59 bits per heavy atom. The number of nitrogens with two attached hydrogens (primary N) is 1. The van der Waals surface area contributed by atoms with Gasteiger partial charge < -0.3 is 20.3 Å². The molecular weight excluding hydrogens is 218 g/mol. The van der Waals surface area contributed by atoms with E-state index in [9.17, 15) is 4.79 Å². The van der Waals surface area contributed by atoms with Crippen LogP contribution < -0.4 is 5.73 Å². The largest absolute Gasteiger partial charge is 0.378 e. The summed E-state index contributed by atoms with van der Waals surface area (Å²) < 4.78 is 5.27. The maximum absolute atomic E-state index is 12.3.